The molecule has 2 fully saturated rings. The average Bonchev–Trinajstić information content (AvgIpc) is 3.59. The lowest BCUT2D eigenvalue weighted by atomic mass is 10.1. The second-order valence-corrected chi connectivity index (χ2v) is 10.1. The molecule has 15 heteroatoms. The largest absolute Gasteiger partial charge is 0.370 e. The Hall–Kier alpha value is -3.13. The number of rotatable bonds is 15. The van der Waals surface area contributed by atoms with Gasteiger partial charge in [0, 0.05) is 19.6 Å². The van der Waals surface area contributed by atoms with Crippen molar-refractivity contribution in [3.8, 4) is 0 Å². The molecule has 39 heavy (non-hydrogen) atoms. The second kappa shape index (κ2) is 16.1. The van der Waals surface area contributed by atoms with Crippen molar-refractivity contribution in [2.45, 2.75) is 82.0 Å². The van der Waals surface area contributed by atoms with Gasteiger partial charge in [0.2, 0.25) is 29.5 Å². The van der Waals surface area contributed by atoms with E-state index in [4.69, 9.17) is 34.5 Å². The lowest BCUT2D eigenvalue weighted by Crippen LogP contribution is -2.57. The summed E-state index contributed by atoms with van der Waals surface area (Å²) in [5, 5.41) is 5.39. The normalized spacial score (nSPS) is 20.3. The van der Waals surface area contributed by atoms with Gasteiger partial charge in [-0.1, -0.05) is 0 Å². The number of hydrogen-bond acceptors (Lipinski definition) is 7. The van der Waals surface area contributed by atoms with Crippen LogP contribution in [0.5, 0.6) is 0 Å². The van der Waals surface area contributed by atoms with E-state index < -0.39 is 41.9 Å². The highest BCUT2D eigenvalue weighted by Crippen LogP contribution is 2.25. The van der Waals surface area contributed by atoms with Gasteiger partial charge in [-0.05, 0) is 64.3 Å². The summed E-state index contributed by atoms with van der Waals surface area (Å²) in [6.07, 6.45) is 4.33. The van der Waals surface area contributed by atoms with Crippen molar-refractivity contribution in [1.29, 1.82) is 0 Å². The van der Waals surface area contributed by atoms with E-state index in [1.165, 1.54) is 9.80 Å². The number of unbranched alkanes of at least 4 members (excludes halogenated alkanes) is 1. The van der Waals surface area contributed by atoms with Gasteiger partial charge in [0.1, 0.15) is 30.0 Å². The number of aliphatic imine (C=N–C) groups is 1. The Kier molecular flexibility index (Phi) is 13.2. The number of nitrogens with zero attached hydrogens (tertiary/aromatic N) is 3. The van der Waals surface area contributed by atoms with E-state index in [0.29, 0.717) is 64.6 Å². The fourth-order valence-corrected chi connectivity index (χ4v) is 5.14. The van der Waals surface area contributed by atoms with Crippen LogP contribution < -0.4 is 33.6 Å². The van der Waals surface area contributed by atoms with Crippen LogP contribution in [0.1, 0.15) is 57.8 Å². The van der Waals surface area contributed by atoms with Gasteiger partial charge in [0.15, 0.2) is 5.96 Å². The molecule has 0 saturated carbocycles. The molecule has 2 saturated heterocycles. The van der Waals surface area contributed by atoms with Crippen LogP contribution in [0.25, 0.3) is 0 Å². The monoisotopic (exact) mass is 571 g/mol. The predicted molar refractivity (Wildman–Crippen MR) is 146 cm³/mol. The topological polar surface area (TPSA) is 232 Å². The number of primary amides is 1. The first-order chi connectivity index (χ1) is 18.6. The number of carbonyl (C=O) groups is 5. The van der Waals surface area contributed by atoms with E-state index in [1.807, 2.05) is 0 Å². The summed E-state index contributed by atoms with van der Waals surface area (Å²) < 4.78 is 0. The van der Waals surface area contributed by atoms with Crippen LogP contribution in [0.4, 0.5) is 0 Å². The van der Waals surface area contributed by atoms with Crippen molar-refractivity contribution in [3.63, 3.8) is 0 Å². The van der Waals surface area contributed by atoms with Gasteiger partial charge in [-0.3, -0.25) is 29.0 Å². The van der Waals surface area contributed by atoms with Gasteiger partial charge in [0.25, 0.3) is 0 Å². The molecule has 0 spiro atoms. The van der Waals surface area contributed by atoms with Gasteiger partial charge in [0.05, 0.1) is 0 Å². The molecule has 2 aliphatic heterocycles. The molecular weight excluding hydrogens is 530 g/mol. The van der Waals surface area contributed by atoms with E-state index in [-0.39, 0.29) is 43.0 Å². The van der Waals surface area contributed by atoms with E-state index in [2.05, 4.69) is 15.6 Å². The van der Waals surface area contributed by atoms with Gasteiger partial charge in [-0.15, -0.1) is 11.6 Å². The molecule has 0 aromatic rings. The summed E-state index contributed by atoms with van der Waals surface area (Å²) in [5.74, 6) is -2.65. The molecule has 0 aliphatic carbocycles. The van der Waals surface area contributed by atoms with E-state index in [1.54, 1.807) is 0 Å². The zero-order valence-corrected chi connectivity index (χ0v) is 23.0. The summed E-state index contributed by atoms with van der Waals surface area (Å²) >= 11 is 5.71. The number of alkyl halides is 1. The van der Waals surface area contributed by atoms with Gasteiger partial charge in [-0.25, -0.2) is 0 Å². The number of amides is 5. The summed E-state index contributed by atoms with van der Waals surface area (Å²) in [7, 11) is 0. The Labute approximate surface area is 233 Å². The van der Waals surface area contributed by atoms with E-state index in [9.17, 15) is 24.0 Å². The minimum atomic E-state index is -0.974. The Morgan fingerprint density at radius 1 is 0.872 bits per heavy atom. The molecule has 0 aromatic heterocycles. The molecule has 5 amide bonds. The second-order valence-electron chi connectivity index (χ2n) is 9.83. The van der Waals surface area contributed by atoms with Crippen LogP contribution in [0, 0.1) is 0 Å². The summed E-state index contributed by atoms with van der Waals surface area (Å²) in [4.78, 5) is 70.8. The highest BCUT2D eigenvalue weighted by Gasteiger charge is 2.42. The Morgan fingerprint density at radius 2 is 1.51 bits per heavy atom. The van der Waals surface area contributed by atoms with Gasteiger partial charge in [-0.2, -0.15) is 0 Å². The van der Waals surface area contributed by atoms with Crippen molar-refractivity contribution in [2.75, 3.05) is 32.1 Å². The molecule has 220 valence electrons. The number of hydrogen-bond donors (Lipinski definition) is 6. The number of carbonyl (C=O) groups excluding carboxylic acids is 5. The maximum Gasteiger partial charge on any atom is 0.246 e. The summed E-state index contributed by atoms with van der Waals surface area (Å²) in [6.45, 7) is 1.50. The third-order valence-electron chi connectivity index (χ3n) is 7.00. The average molecular weight is 572 g/mol. The molecule has 2 rings (SSSR count). The van der Waals surface area contributed by atoms with Crippen LogP contribution in [-0.4, -0.2) is 102 Å². The lowest BCUT2D eigenvalue weighted by Gasteiger charge is -2.31. The highest BCUT2D eigenvalue weighted by molar-refractivity contribution is 6.27. The van der Waals surface area contributed by atoms with E-state index in [0.717, 1.165) is 0 Å². The van der Waals surface area contributed by atoms with Crippen molar-refractivity contribution in [3.05, 3.63) is 0 Å². The fourth-order valence-electron chi connectivity index (χ4n) is 4.98. The van der Waals surface area contributed by atoms with Crippen molar-refractivity contribution in [1.82, 2.24) is 20.4 Å². The fraction of sp³-hybridized carbons (Fsp3) is 0.750. The van der Waals surface area contributed by atoms with Crippen molar-refractivity contribution >= 4 is 47.1 Å². The molecule has 4 atom stereocenters. The Bertz CT molecular complexity index is 914. The molecule has 0 bridgehead atoms. The highest BCUT2D eigenvalue weighted by atomic mass is 35.5. The zero-order chi connectivity index (χ0) is 28.9. The standard InChI is InChI=1S/C24H42ClN9O5/c25-14-19(35)33-12-5-9-18(33)23(39)34-13-4-8-17(34)22(38)32-16(6-1-2-10-26)21(37)31-15(20(27)36)7-3-11-30-24(28)29/h15-18H,1-14,26H2,(H2,27,36)(H,31,37)(H,32,38)(H4,28,29,30)/t15-,16-,17-,18-/m0/s1. The molecule has 2 heterocycles. The molecule has 0 aromatic carbocycles. The van der Waals surface area contributed by atoms with Gasteiger partial charge >= 0.3 is 0 Å². The van der Waals surface area contributed by atoms with Crippen LogP contribution in [-0.2, 0) is 24.0 Å². The van der Waals surface area contributed by atoms with Crippen LogP contribution in [0.15, 0.2) is 4.99 Å². The third-order valence-corrected chi connectivity index (χ3v) is 7.22. The molecule has 0 unspecified atom stereocenters. The molecule has 10 N–H and O–H groups in total. The molecule has 2 aliphatic rings. The van der Waals surface area contributed by atoms with Gasteiger partial charge < -0.3 is 43.4 Å². The summed E-state index contributed by atoms with van der Waals surface area (Å²) in [5.41, 5.74) is 21.7. The maximum atomic E-state index is 13.4. The minimum absolute atomic E-state index is 0.0805. The quantitative estimate of drug-likeness (QED) is 0.0547. The maximum absolute atomic E-state index is 13.4. The first-order valence-electron chi connectivity index (χ1n) is 13.4. The van der Waals surface area contributed by atoms with Crippen LogP contribution >= 0.6 is 11.6 Å². The number of likely N-dealkylation sites (tertiary alicyclic amines) is 2. The molecule has 0 radical (unpaired) electrons. The number of nitrogens with one attached hydrogen (secondary N) is 2. The number of guanidine groups is 1. The Morgan fingerprint density at radius 3 is 2.13 bits per heavy atom. The SMILES string of the molecule is NCCCC[C@H](NC(=O)[C@@H]1CCCN1C(=O)[C@@H]1CCCN1C(=O)CCl)C(=O)N[C@@H](CCCN=C(N)N)C(N)=O. The first-order valence-corrected chi connectivity index (χ1v) is 14.0. The van der Waals surface area contributed by atoms with Crippen molar-refractivity contribution < 1.29 is 24.0 Å². The minimum Gasteiger partial charge on any atom is -0.370 e. The lowest BCUT2D eigenvalue weighted by molar-refractivity contribution is -0.146. The number of nitrogens with two attached hydrogens (primary N) is 4. The third kappa shape index (κ3) is 9.53. The van der Waals surface area contributed by atoms with Crippen LogP contribution in [0.2, 0.25) is 0 Å². The smallest absolute Gasteiger partial charge is 0.246 e. The molecular formula is C24H42ClN9O5. The molecule has 14 nitrogen and oxygen atoms in total. The Balaban J connectivity index is 2.08. The van der Waals surface area contributed by atoms with Crippen molar-refractivity contribution in [2.24, 2.45) is 27.9 Å². The predicted octanol–water partition coefficient (Wildman–Crippen LogP) is -2.16. The number of halogens is 1. The summed E-state index contributed by atoms with van der Waals surface area (Å²) in [6, 6.07) is -3.36. The first kappa shape index (κ1) is 32.1. The zero-order valence-electron chi connectivity index (χ0n) is 22.3. The van der Waals surface area contributed by atoms with E-state index >= 15 is 0 Å². The van der Waals surface area contributed by atoms with Crippen LogP contribution in [0.3, 0.4) is 0 Å².